The smallest absolute Gasteiger partial charge is 0.241 e. The van der Waals surface area contributed by atoms with Crippen molar-refractivity contribution in [3.8, 4) is 0 Å². The van der Waals surface area contributed by atoms with Gasteiger partial charge in [-0.3, -0.25) is 14.5 Å². The van der Waals surface area contributed by atoms with Gasteiger partial charge in [-0.2, -0.15) is 0 Å². The van der Waals surface area contributed by atoms with Crippen LogP contribution in [0.1, 0.15) is 19.8 Å². The van der Waals surface area contributed by atoms with Gasteiger partial charge in [0.25, 0.3) is 0 Å². The zero-order chi connectivity index (χ0) is 15.4. The van der Waals surface area contributed by atoms with Crippen molar-refractivity contribution in [1.82, 2.24) is 10.2 Å². The lowest BCUT2D eigenvalue weighted by Gasteiger charge is -2.28. The van der Waals surface area contributed by atoms with Crippen molar-refractivity contribution < 1.29 is 9.59 Å². The molecule has 0 aromatic heterocycles. The van der Waals surface area contributed by atoms with E-state index in [0.29, 0.717) is 11.4 Å². The van der Waals surface area contributed by atoms with Gasteiger partial charge < -0.3 is 16.4 Å². The first kappa shape index (κ1) is 15.3. The summed E-state index contributed by atoms with van der Waals surface area (Å²) in [4.78, 5) is 26.1. The van der Waals surface area contributed by atoms with Crippen molar-refractivity contribution >= 4 is 23.2 Å². The number of anilines is 2. The van der Waals surface area contributed by atoms with E-state index in [1.165, 1.54) is 0 Å². The normalized spacial score (nSPS) is 20.0. The van der Waals surface area contributed by atoms with Gasteiger partial charge in [-0.15, -0.1) is 0 Å². The average Bonchev–Trinajstić information content (AvgIpc) is 2.97. The third-order valence-electron chi connectivity index (χ3n) is 3.90. The van der Waals surface area contributed by atoms with Crippen LogP contribution >= 0.6 is 0 Å². The molecule has 6 heteroatoms. The zero-order valence-corrected chi connectivity index (χ0v) is 12.4. The quantitative estimate of drug-likeness (QED) is 0.716. The molecule has 0 aliphatic carbocycles. The highest BCUT2D eigenvalue weighted by atomic mass is 16.2. The molecule has 1 aliphatic rings. The molecule has 0 spiro atoms. The number of nitrogens with two attached hydrogens (primary N) is 1. The maximum absolute atomic E-state index is 12.3. The predicted molar refractivity (Wildman–Crippen MR) is 82.7 cm³/mol. The number of nitrogens with zero attached hydrogens (tertiary/aromatic N) is 1. The first-order valence-corrected chi connectivity index (χ1v) is 7.16. The topological polar surface area (TPSA) is 87.5 Å². The van der Waals surface area contributed by atoms with Crippen LogP contribution in [-0.4, -0.2) is 42.4 Å². The second kappa shape index (κ2) is 6.58. The number of carbonyl (C=O) groups excluding carboxylic acids is 2. The largest absolute Gasteiger partial charge is 0.399 e. The molecule has 6 nitrogen and oxygen atoms in total. The van der Waals surface area contributed by atoms with Gasteiger partial charge in [0, 0.05) is 18.4 Å². The third-order valence-corrected chi connectivity index (χ3v) is 3.90. The molecule has 2 amide bonds. The number of hydrogen-bond acceptors (Lipinski definition) is 4. The van der Waals surface area contributed by atoms with Crippen molar-refractivity contribution in [2.45, 2.75) is 31.8 Å². The van der Waals surface area contributed by atoms with Gasteiger partial charge in [-0.1, -0.05) is 0 Å². The highest BCUT2D eigenvalue weighted by Gasteiger charge is 2.35. The summed E-state index contributed by atoms with van der Waals surface area (Å²) in [5, 5.41) is 5.52. The molecule has 21 heavy (non-hydrogen) atoms. The van der Waals surface area contributed by atoms with Gasteiger partial charge >= 0.3 is 0 Å². The summed E-state index contributed by atoms with van der Waals surface area (Å²) in [7, 11) is 1.62. The fourth-order valence-electron chi connectivity index (χ4n) is 2.66. The van der Waals surface area contributed by atoms with Crippen LogP contribution in [0.25, 0.3) is 0 Å². The summed E-state index contributed by atoms with van der Waals surface area (Å²) < 4.78 is 0. The van der Waals surface area contributed by atoms with Crippen LogP contribution in [0.3, 0.4) is 0 Å². The van der Waals surface area contributed by atoms with E-state index in [0.717, 1.165) is 19.4 Å². The number of nitrogens with one attached hydrogen (secondary N) is 2. The number of likely N-dealkylation sites (N-methyl/N-ethyl adjacent to an activating group) is 1. The second-order valence-corrected chi connectivity index (χ2v) is 5.30. The Morgan fingerprint density at radius 2 is 2.00 bits per heavy atom. The maximum Gasteiger partial charge on any atom is 0.241 e. The number of hydrogen-bond donors (Lipinski definition) is 3. The van der Waals surface area contributed by atoms with Crippen molar-refractivity contribution in [3.05, 3.63) is 24.3 Å². The van der Waals surface area contributed by atoms with Crippen LogP contribution in [0.2, 0.25) is 0 Å². The molecular weight excluding hydrogens is 268 g/mol. The van der Waals surface area contributed by atoms with Gasteiger partial charge in [-0.05, 0) is 50.6 Å². The molecular formula is C15H22N4O2. The Morgan fingerprint density at radius 1 is 1.33 bits per heavy atom. The molecule has 1 heterocycles. The SMILES string of the molecule is CNC(=O)C1CCCN1C(C)C(=O)Nc1ccc(N)cc1. The van der Waals surface area contributed by atoms with Crippen molar-refractivity contribution in [2.75, 3.05) is 24.6 Å². The van der Waals surface area contributed by atoms with E-state index in [1.807, 2.05) is 11.8 Å². The number of rotatable bonds is 4. The predicted octanol–water partition coefficient (Wildman–Crippen LogP) is 0.806. The first-order valence-electron chi connectivity index (χ1n) is 7.16. The van der Waals surface area contributed by atoms with Gasteiger partial charge in [0.05, 0.1) is 12.1 Å². The Bertz CT molecular complexity index is 515. The average molecular weight is 290 g/mol. The summed E-state index contributed by atoms with van der Waals surface area (Å²) in [6.07, 6.45) is 1.72. The Kier molecular flexibility index (Phi) is 4.80. The van der Waals surface area contributed by atoms with E-state index >= 15 is 0 Å². The third kappa shape index (κ3) is 3.52. The van der Waals surface area contributed by atoms with Crippen LogP contribution in [0.4, 0.5) is 11.4 Å². The van der Waals surface area contributed by atoms with Crippen molar-refractivity contribution in [1.29, 1.82) is 0 Å². The first-order chi connectivity index (χ1) is 10.0. The van der Waals surface area contributed by atoms with Crippen LogP contribution in [0, 0.1) is 0 Å². The summed E-state index contributed by atoms with van der Waals surface area (Å²) in [6, 6.07) is 6.43. The minimum Gasteiger partial charge on any atom is -0.399 e. The Morgan fingerprint density at radius 3 is 2.62 bits per heavy atom. The standard InChI is InChI=1S/C15H22N4O2/c1-10(19-9-3-4-13(19)15(21)17-2)14(20)18-12-7-5-11(16)6-8-12/h5-8,10,13H,3-4,9,16H2,1-2H3,(H,17,21)(H,18,20). The van der Waals surface area contributed by atoms with E-state index in [9.17, 15) is 9.59 Å². The van der Waals surface area contributed by atoms with E-state index in [2.05, 4.69) is 10.6 Å². The highest BCUT2D eigenvalue weighted by molar-refractivity contribution is 5.95. The molecule has 1 fully saturated rings. The number of nitrogen functional groups attached to an aromatic ring is 1. The summed E-state index contributed by atoms with van der Waals surface area (Å²) in [6.45, 7) is 2.59. The number of benzene rings is 1. The van der Waals surface area contributed by atoms with E-state index < -0.39 is 0 Å². The van der Waals surface area contributed by atoms with Crippen LogP contribution in [-0.2, 0) is 9.59 Å². The Labute approximate surface area is 124 Å². The summed E-state index contributed by atoms with van der Waals surface area (Å²) in [5.74, 6) is -0.143. The van der Waals surface area contributed by atoms with Crippen LogP contribution in [0.5, 0.6) is 0 Å². The fourth-order valence-corrected chi connectivity index (χ4v) is 2.66. The minimum atomic E-state index is -0.354. The highest BCUT2D eigenvalue weighted by Crippen LogP contribution is 2.21. The minimum absolute atomic E-state index is 0.0281. The summed E-state index contributed by atoms with van der Waals surface area (Å²) in [5.41, 5.74) is 6.98. The molecule has 1 aromatic rings. The fraction of sp³-hybridized carbons (Fsp3) is 0.467. The lowest BCUT2D eigenvalue weighted by atomic mass is 10.1. The van der Waals surface area contributed by atoms with E-state index in [-0.39, 0.29) is 23.9 Å². The molecule has 1 aliphatic heterocycles. The van der Waals surface area contributed by atoms with Gasteiger partial charge in [0.2, 0.25) is 11.8 Å². The van der Waals surface area contributed by atoms with E-state index in [4.69, 9.17) is 5.73 Å². The molecule has 2 unspecified atom stereocenters. The summed E-state index contributed by atoms with van der Waals surface area (Å²) >= 11 is 0. The molecule has 2 atom stereocenters. The van der Waals surface area contributed by atoms with Gasteiger partial charge in [-0.25, -0.2) is 0 Å². The lowest BCUT2D eigenvalue weighted by Crippen LogP contribution is -2.50. The monoisotopic (exact) mass is 290 g/mol. The molecule has 2 rings (SSSR count). The molecule has 114 valence electrons. The number of amides is 2. The lowest BCUT2D eigenvalue weighted by molar-refractivity contribution is -0.128. The van der Waals surface area contributed by atoms with Gasteiger partial charge in [0.1, 0.15) is 0 Å². The van der Waals surface area contributed by atoms with Gasteiger partial charge in [0.15, 0.2) is 0 Å². The second-order valence-electron chi connectivity index (χ2n) is 5.30. The van der Waals surface area contributed by atoms with Crippen LogP contribution in [0.15, 0.2) is 24.3 Å². The Hall–Kier alpha value is -2.08. The molecule has 1 saturated heterocycles. The van der Waals surface area contributed by atoms with Crippen molar-refractivity contribution in [2.24, 2.45) is 0 Å². The van der Waals surface area contributed by atoms with Crippen LogP contribution < -0.4 is 16.4 Å². The molecule has 0 radical (unpaired) electrons. The number of carbonyl (C=O) groups is 2. The van der Waals surface area contributed by atoms with Crippen molar-refractivity contribution in [3.63, 3.8) is 0 Å². The zero-order valence-electron chi connectivity index (χ0n) is 12.4. The molecule has 0 bridgehead atoms. The Balaban J connectivity index is 2.01. The van der Waals surface area contributed by atoms with E-state index in [1.54, 1.807) is 31.3 Å². The number of likely N-dealkylation sites (tertiary alicyclic amines) is 1. The molecule has 0 saturated carbocycles. The molecule has 4 N–H and O–H groups in total. The maximum atomic E-state index is 12.3. The molecule has 1 aromatic carbocycles.